The maximum absolute atomic E-state index is 13.3. The number of fused-ring (bicyclic) bond motifs is 1. The molecule has 5 N–H and O–H groups in total. The van der Waals surface area contributed by atoms with Gasteiger partial charge in [-0.25, -0.2) is 4.98 Å². The zero-order valence-corrected chi connectivity index (χ0v) is 21.5. The molecule has 3 heterocycles. The third-order valence-electron chi connectivity index (χ3n) is 5.92. The lowest BCUT2D eigenvalue weighted by Gasteiger charge is -2.37. The molecule has 0 saturated carbocycles. The van der Waals surface area contributed by atoms with Crippen LogP contribution >= 0.6 is 34.9 Å². The van der Waals surface area contributed by atoms with E-state index in [0.717, 1.165) is 34.0 Å². The van der Waals surface area contributed by atoms with Crippen LogP contribution in [0.4, 0.5) is 10.8 Å². The van der Waals surface area contributed by atoms with Gasteiger partial charge >= 0.3 is 0 Å². The standard InChI is InChI=1S/C24H24ClN5OS2.2H2O.H2/c1-17(30-9-7-18-5-6-19(25)15-22(18)30)23(31)29-12-10-28(11-13-29)20-3-2-4-21(16-20)33-27-24-26-8-14-32-24;;;/h2-9,14-17H,10-13H2,1H3,(H,26,27);2*1H2;1H/t17-;;;/m0.../s1. The Kier molecular flexibility index (Phi) is 9.03. The number of nitrogens with zero attached hydrogens (tertiary/aromatic N) is 4. The van der Waals surface area contributed by atoms with Crippen molar-refractivity contribution < 1.29 is 17.2 Å². The number of nitrogens with one attached hydrogen (secondary N) is 1. The van der Waals surface area contributed by atoms with Crippen molar-refractivity contribution in [1.29, 1.82) is 0 Å². The molecule has 1 fully saturated rings. The largest absolute Gasteiger partial charge is 0.412 e. The SMILES string of the molecule is C[C@@H](C(=O)N1CCN(c2cccc(SNc3nccs3)c2)CC1)n1ccc2ccc(Cl)cc21.O.O.[HH]. The molecule has 0 unspecified atom stereocenters. The fourth-order valence-corrected chi connectivity index (χ4v) is 5.59. The molecule has 1 aliphatic rings. The molecule has 4 aromatic rings. The van der Waals surface area contributed by atoms with Crippen LogP contribution in [-0.4, -0.2) is 57.5 Å². The van der Waals surface area contributed by atoms with E-state index < -0.39 is 0 Å². The number of anilines is 2. The van der Waals surface area contributed by atoms with Crippen molar-refractivity contribution in [2.45, 2.75) is 17.9 Å². The monoisotopic (exact) mass is 535 g/mol. The quantitative estimate of drug-likeness (QED) is 0.368. The Morgan fingerprint density at radius 2 is 1.94 bits per heavy atom. The first kappa shape index (κ1) is 26.8. The molecular formula is C24H30ClN5O3S2. The highest BCUT2D eigenvalue weighted by atomic mass is 35.5. The van der Waals surface area contributed by atoms with Gasteiger partial charge in [-0.3, -0.25) is 4.79 Å². The fourth-order valence-electron chi connectivity index (χ4n) is 4.15. The predicted molar refractivity (Wildman–Crippen MR) is 148 cm³/mol. The third-order valence-corrected chi connectivity index (χ3v) is 7.76. The van der Waals surface area contributed by atoms with Gasteiger partial charge in [0.1, 0.15) is 6.04 Å². The maximum Gasteiger partial charge on any atom is 0.245 e. The Bertz CT molecular complexity index is 1270. The minimum absolute atomic E-state index is 0. The molecule has 35 heavy (non-hydrogen) atoms. The molecule has 0 bridgehead atoms. The second-order valence-corrected chi connectivity index (χ2v) is 10.2. The highest BCUT2D eigenvalue weighted by molar-refractivity contribution is 8.00. The van der Waals surface area contributed by atoms with E-state index in [4.69, 9.17) is 11.6 Å². The lowest BCUT2D eigenvalue weighted by molar-refractivity contribution is -0.134. The average molecular weight is 536 g/mol. The number of benzene rings is 2. The second kappa shape index (κ2) is 11.8. The Morgan fingerprint density at radius 1 is 1.14 bits per heavy atom. The van der Waals surface area contributed by atoms with Crippen LogP contribution in [0.1, 0.15) is 14.4 Å². The van der Waals surface area contributed by atoms with Gasteiger partial charge < -0.3 is 30.0 Å². The first-order valence-electron chi connectivity index (χ1n) is 10.8. The summed E-state index contributed by atoms with van der Waals surface area (Å²) < 4.78 is 5.30. The molecule has 1 aliphatic heterocycles. The molecule has 11 heteroatoms. The lowest BCUT2D eigenvalue weighted by Crippen LogP contribution is -2.50. The molecule has 0 radical (unpaired) electrons. The van der Waals surface area contributed by atoms with Crippen LogP contribution in [0.5, 0.6) is 0 Å². The van der Waals surface area contributed by atoms with E-state index >= 15 is 0 Å². The Labute approximate surface area is 218 Å². The van der Waals surface area contributed by atoms with Crippen LogP contribution in [0.15, 0.2) is 71.2 Å². The van der Waals surface area contributed by atoms with Crippen LogP contribution < -0.4 is 9.62 Å². The van der Waals surface area contributed by atoms with Crippen molar-refractivity contribution >= 4 is 62.5 Å². The number of rotatable bonds is 6. The minimum Gasteiger partial charge on any atom is -0.412 e. The van der Waals surface area contributed by atoms with Gasteiger partial charge in [-0.1, -0.05) is 23.7 Å². The number of aromatic nitrogens is 2. The van der Waals surface area contributed by atoms with Crippen LogP contribution in [0.2, 0.25) is 5.02 Å². The summed E-state index contributed by atoms with van der Waals surface area (Å²) in [4.78, 5) is 23.0. The highest BCUT2D eigenvalue weighted by Gasteiger charge is 2.26. The molecule has 1 atom stereocenters. The number of hydrogen-bond acceptors (Lipinski definition) is 6. The van der Waals surface area contributed by atoms with E-state index in [-0.39, 0.29) is 24.3 Å². The molecule has 188 valence electrons. The highest BCUT2D eigenvalue weighted by Crippen LogP contribution is 2.28. The summed E-state index contributed by atoms with van der Waals surface area (Å²) in [7, 11) is 0. The van der Waals surface area contributed by atoms with Crippen molar-refractivity contribution in [3.8, 4) is 0 Å². The van der Waals surface area contributed by atoms with E-state index in [0.29, 0.717) is 18.1 Å². The number of hydrogen-bond donors (Lipinski definition) is 1. The van der Waals surface area contributed by atoms with Gasteiger partial charge in [0.25, 0.3) is 0 Å². The van der Waals surface area contributed by atoms with Gasteiger partial charge in [0.2, 0.25) is 5.91 Å². The second-order valence-electron chi connectivity index (χ2n) is 7.95. The summed E-state index contributed by atoms with van der Waals surface area (Å²) in [6, 6.07) is 16.0. The summed E-state index contributed by atoms with van der Waals surface area (Å²) in [5.41, 5.74) is 2.16. The van der Waals surface area contributed by atoms with Crippen LogP contribution in [0.25, 0.3) is 10.9 Å². The van der Waals surface area contributed by atoms with Gasteiger partial charge in [-0.15, -0.1) is 11.3 Å². The predicted octanol–water partition coefficient (Wildman–Crippen LogP) is 4.38. The van der Waals surface area contributed by atoms with E-state index in [1.807, 2.05) is 52.2 Å². The molecule has 0 spiro atoms. The van der Waals surface area contributed by atoms with Gasteiger partial charge in [0, 0.05) is 61.0 Å². The van der Waals surface area contributed by atoms with E-state index in [2.05, 4.69) is 38.9 Å². The van der Waals surface area contributed by atoms with Crippen molar-refractivity contribution in [3.05, 3.63) is 71.3 Å². The first-order valence-corrected chi connectivity index (χ1v) is 12.9. The Hall–Kier alpha value is -2.76. The summed E-state index contributed by atoms with van der Waals surface area (Å²) in [6.07, 6.45) is 3.77. The van der Waals surface area contributed by atoms with E-state index in [1.165, 1.54) is 5.69 Å². The van der Waals surface area contributed by atoms with Crippen molar-refractivity contribution in [3.63, 3.8) is 0 Å². The molecule has 0 aliphatic carbocycles. The van der Waals surface area contributed by atoms with Crippen molar-refractivity contribution in [2.24, 2.45) is 0 Å². The molecular weight excluding hydrogens is 506 g/mol. The third kappa shape index (κ3) is 5.91. The number of halogens is 1. The summed E-state index contributed by atoms with van der Waals surface area (Å²) in [5.74, 6) is 0.143. The molecule has 8 nitrogen and oxygen atoms in total. The van der Waals surface area contributed by atoms with Crippen molar-refractivity contribution in [1.82, 2.24) is 14.5 Å². The minimum atomic E-state index is -0.274. The summed E-state index contributed by atoms with van der Waals surface area (Å²) in [6.45, 7) is 5.00. The maximum atomic E-state index is 13.3. The molecule has 2 aromatic carbocycles. The zero-order valence-electron chi connectivity index (χ0n) is 19.1. The average Bonchev–Trinajstić information content (AvgIpc) is 3.52. The van der Waals surface area contributed by atoms with Gasteiger partial charge in [0.05, 0.1) is 5.52 Å². The van der Waals surface area contributed by atoms with Crippen LogP contribution in [-0.2, 0) is 4.79 Å². The topological polar surface area (TPSA) is 116 Å². The lowest BCUT2D eigenvalue weighted by atomic mass is 10.2. The van der Waals surface area contributed by atoms with Crippen LogP contribution in [0, 0.1) is 0 Å². The molecule has 5 rings (SSSR count). The summed E-state index contributed by atoms with van der Waals surface area (Å²) >= 11 is 9.33. The van der Waals surface area contributed by atoms with Gasteiger partial charge in [-0.05, 0) is 60.7 Å². The number of piperazine rings is 1. The number of carbonyl (C=O) groups is 1. The first-order chi connectivity index (χ1) is 16.1. The summed E-state index contributed by atoms with van der Waals surface area (Å²) in [5, 5.41) is 4.61. The Balaban J connectivity index is 0.00000152. The zero-order chi connectivity index (χ0) is 22.8. The molecule has 1 saturated heterocycles. The van der Waals surface area contributed by atoms with E-state index in [9.17, 15) is 4.79 Å². The normalized spacial score (nSPS) is 14.2. The Morgan fingerprint density at radius 3 is 2.69 bits per heavy atom. The van der Waals surface area contributed by atoms with Crippen LogP contribution in [0.3, 0.4) is 0 Å². The molecule has 1 amide bonds. The fraction of sp³-hybridized carbons (Fsp3) is 0.250. The number of carbonyl (C=O) groups excluding carboxylic acids is 1. The smallest absolute Gasteiger partial charge is 0.245 e. The van der Waals surface area contributed by atoms with Crippen molar-refractivity contribution in [2.75, 3.05) is 35.8 Å². The van der Waals surface area contributed by atoms with E-state index in [1.54, 1.807) is 29.5 Å². The van der Waals surface area contributed by atoms with Gasteiger partial charge in [0.15, 0.2) is 5.13 Å². The number of amides is 1. The van der Waals surface area contributed by atoms with Gasteiger partial charge in [-0.2, -0.15) is 0 Å². The molecule has 2 aromatic heterocycles. The number of thiazole rings is 1.